The molecule has 1 N–H and O–H groups in total. The van der Waals surface area contributed by atoms with Gasteiger partial charge in [0.05, 0.1) is 7.11 Å². The number of nitrogens with one attached hydrogen (secondary N) is 1. The Morgan fingerprint density at radius 3 is 2.93 bits per heavy atom. The number of rotatable bonds is 4. The minimum Gasteiger partial charge on any atom is -0.464 e. The van der Waals surface area contributed by atoms with Gasteiger partial charge in [0.1, 0.15) is 0 Å². The summed E-state index contributed by atoms with van der Waals surface area (Å²) in [5, 5.41) is 6.69. The van der Waals surface area contributed by atoms with Crippen molar-refractivity contribution < 1.29 is 9.53 Å². The van der Waals surface area contributed by atoms with Crippen molar-refractivity contribution >= 4 is 5.97 Å². The minimum atomic E-state index is -0.392. The molecule has 0 bridgehead atoms. The summed E-state index contributed by atoms with van der Waals surface area (Å²) in [6.07, 6.45) is 2.00. The van der Waals surface area contributed by atoms with Crippen molar-refractivity contribution in [3.8, 4) is 0 Å². The maximum atomic E-state index is 11.1. The third-order valence-electron chi connectivity index (χ3n) is 2.02. The molecule has 0 atom stereocenters. The van der Waals surface area contributed by atoms with Crippen LogP contribution in [0.5, 0.6) is 0 Å². The lowest BCUT2D eigenvalue weighted by atomic mass is 10.1. The molecule has 1 heterocycles. The Balaban J connectivity index is 2.55. The van der Waals surface area contributed by atoms with E-state index in [0.29, 0.717) is 11.6 Å². The molecule has 0 aliphatic carbocycles. The smallest absolute Gasteiger partial charge is 0.358 e. The fourth-order valence-corrected chi connectivity index (χ4v) is 1.14. The topological polar surface area (TPSA) is 55.0 Å². The lowest BCUT2D eigenvalue weighted by Gasteiger charge is -2.00. The molecule has 14 heavy (non-hydrogen) atoms. The van der Waals surface area contributed by atoms with E-state index < -0.39 is 5.97 Å². The van der Waals surface area contributed by atoms with E-state index in [9.17, 15) is 4.79 Å². The summed E-state index contributed by atoms with van der Waals surface area (Å²) in [4.78, 5) is 11.1. The maximum Gasteiger partial charge on any atom is 0.358 e. The molecule has 0 aromatic carbocycles. The van der Waals surface area contributed by atoms with E-state index in [4.69, 9.17) is 0 Å². The molecule has 4 heteroatoms. The molecule has 0 unspecified atom stereocenters. The van der Waals surface area contributed by atoms with Gasteiger partial charge < -0.3 is 4.74 Å². The highest BCUT2D eigenvalue weighted by atomic mass is 16.5. The second-order valence-corrected chi connectivity index (χ2v) is 3.70. The van der Waals surface area contributed by atoms with Gasteiger partial charge in [0.15, 0.2) is 5.69 Å². The zero-order valence-corrected chi connectivity index (χ0v) is 8.83. The van der Waals surface area contributed by atoms with E-state index in [1.165, 1.54) is 7.11 Å². The van der Waals surface area contributed by atoms with E-state index >= 15 is 0 Å². The zero-order valence-electron chi connectivity index (χ0n) is 8.83. The Hall–Kier alpha value is -1.32. The van der Waals surface area contributed by atoms with Crippen molar-refractivity contribution in [2.24, 2.45) is 5.92 Å². The summed E-state index contributed by atoms with van der Waals surface area (Å²) in [5.74, 6) is 0.261. The minimum absolute atomic E-state index is 0.353. The van der Waals surface area contributed by atoms with E-state index in [2.05, 4.69) is 28.8 Å². The van der Waals surface area contributed by atoms with Crippen LogP contribution in [0.15, 0.2) is 6.07 Å². The fraction of sp³-hybridized carbons (Fsp3) is 0.600. The van der Waals surface area contributed by atoms with Gasteiger partial charge in [-0.1, -0.05) is 13.8 Å². The van der Waals surface area contributed by atoms with Gasteiger partial charge in [0, 0.05) is 5.69 Å². The summed E-state index contributed by atoms with van der Waals surface area (Å²) >= 11 is 0. The number of hydrogen-bond donors (Lipinski definition) is 1. The lowest BCUT2D eigenvalue weighted by Crippen LogP contribution is -2.00. The Kier molecular flexibility index (Phi) is 3.68. The van der Waals surface area contributed by atoms with Crippen molar-refractivity contribution in [3.63, 3.8) is 0 Å². The Labute approximate surface area is 83.7 Å². The molecule has 0 aliphatic heterocycles. The van der Waals surface area contributed by atoms with E-state index in [0.717, 1.165) is 18.5 Å². The normalized spacial score (nSPS) is 10.6. The number of ether oxygens (including phenoxy) is 1. The van der Waals surface area contributed by atoms with Crippen molar-refractivity contribution in [3.05, 3.63) is 17.5 Å². The summed E-state index contributed by atoms with van der Waals surface area (Å²) in [6, 6.07) is 1.74. The van der Waals surface area contributed by atoms with Gasteiger partial charge in [-0.15, -0.1) is 0 Å². The molecule has 78 valence electrons. The Morgan fingerprint density at radius 2 is 2.36 bits per heavy atom. The molecule has 0 spiro atoms. The van der Waals surface area contributed by atoms with Crippen LogP contribution in [0.1, 0.15) is 36.5 Å². The highest BCUT2D eigenvalue weighted by Gasteiger charge is 2.09. The zero-order chi connectivity index (χ0) is 10.6. The highest BCUT2D eigenvalue weighted by Crippen LogP contribution is 2.08. The number of nitrogens with zero attached hydrogens (tertiary/aromatic N) is 1. The lowest BCUT2D eigenvalue weighted by molar-refractivity contribution is 0.0594. The van der Waals surface area contributed by atoms with Crippen LogP contribution < -0.4 is 0 Å². The molecule has 0 aliphatic rings. The summed E-state index contributed by atoms with van der Waals surface area (Å²) in [7, 11) is 1.35. The number of methoxy groups -OCH3 is 1. The van der Waals surface area contributed by atoms with Gasteiger partial charge in [-0.2, -0.15) is 5.10 Å². The number of esters is 1. The second-order valence-electron chi connectivity index (χ2n) is 3.70. The molecule has 1 aromatic heterocycles. The molecule has 1 rings (SSSR count). The first-order valence-electron chi connectivity index (χ1n) is 4.76. The fourth-order valence-electron chi connectivity index (χ4n) is 1.14. The third-order valence-corrected chi connectivity index (χ3v) is 2.02. The monoisotopic (exact) mass is 196 g/mol. The summed E-state index contributed by atoms with van der Waals surface area (Å²) < 4.78 is 4.55. The van der Waals surface area contributed by atoms with Crippen LogP contribution in [0.3, 0.4) is 0 Å². The molecule has 0 saturated heterocycles. The van der Waals surface area contributed by atoms with Crippen molar-refractivity contribution in [2.75, 3.05) is 7.11 Å². The quantitative estimate of drug-likeness (QED) is 0.747. The van der Waals surface area contributed by atoms with Gasteiger partial charge in [-0.05, 0) is 24.8 Å². The number of carbonyl (C=O) groups is 1. The van der Waals surface area contributed by atoms with Crippen LogP contribution >= 0.6 is 0 Å². The number of carbonyl (C=O) groups excluding carboxylic acids is 1. The first-order valence-corrected chi connectivity index (χ1v) is 4.76. The summed E-state index contributed by atoms with van der Waals surface area (Å²) in [6.45, 7) is 4.33. The summed E-state index contributed by atoms with van der Waals surface area (Å²) in [5.41, 5.74) is 1.34. The van der Waals surface area contributed by atoms with Crippen LogP contribution in [0.2, 0.25) is 0 Å². The Morgan fingerprint density at radius 1 is 1.64 bits per heavy atom. The molecular weight excluding hydrogens is 180 g/mol. The predicted molar refractivity (Wildman–Crippen MR) is 53.1 cm³/mol. The molecule has 0 amide bonds. The number of H-pyrrole nitrogens is 1. The first-order chi connectivity index (χ1) is 6.63. The molecular formula is C10H16N2O2. The van der Waals surface area contributed by atoms with Gasteiger partial charge >= 0.3 is 5.97 Å². The average molecular weight is 196 g/mol. The number of hydrogen-bond acceptors (Lipinski definition) is 3. The average Bonchev–Trinajstić information content (AvgIpc) is 2.62. The van der Waals surface area contributed by atoms with E-state index in [1.807, 2.05) is 0 Å². The van der Waals surface area contributed by atoms with Crippen LogP contribution in [-0.4, -0.2) is 23.3 Å². The molecule has 0 radical (unpaired) electrons. The van der Waals surface area contributed by atoms with E-state index in [1.54, 1.807) is 6.07 Å². The van der Waals surface area contributed by atoms with Gasteiger partial charge in [0.2, 0.25) is 0 Å². The standard InChI is InChI=1S/C10H16N2O2/c1-7(2)4-5-8-6-9(12-11-8)10(13)14-3/h6-7H,4-5H2,1-3H3,(H,11,12). The predicted octanol–water partition coefficient (Wildman–Crippen LogP) is 1.78. The molecule has 0 fully saturated rings. The van der Waals surface area contributed by atoms with Gasteiger partial charge in [0.25, 0.3) is 0 Å². The largest absolute Gasteiger partial charge is 0.464 e. The van der Waals surface area contributed by atoms with Crippen molar-refractivity contribution in [2.45, 2.75) is 26.7 Å². The molecule has 1 aromatic rings. The second kappa shape index (κ2) is 4.79. The van der Waals surface area contributed by atoms with Gasteiger partial charge in [-0.25, -0.2) is 4.79 Å². The van der Waals surface area contributed by atoms with Crippen LogP contribution in [0.25, 0.3) is 0 Å². The van der Waals surface area contributed by atoms with Crippen LogP contribution in [0, 0.1) is 5.92 Å². The maximum absolute atomic E-state index is 11.1. The van der Waals surface area contributed by atoms with E-state index in [-0.39, 0.29) is 0 Å². The van der Waals surface area contributed by atoms with Crippen LogP contribution in [-0.2, 0) is 11.2 Å². The van der Waals surface area contributed by atoms with Crippen LogP contribution in [0.4, 0.5) is 0 Å². The number of aromatic nitrogens is 2. The van der Waals surface area contributed by atoms with Crippen molar-refractivity contribution in [1.29, 1.82) is 0 Å². The third kappa shape index (κ3) is 2.87. The molecule has 4 nitrogen and oxygen atoms in total. The Bertz CT molecular complexity index is 305. The number of aryl methyl sites for hydroxylation is 1. The SMILES string of the molecule is COC(=O)c1cc(CCC(C)C)[nH]n1. The van der Waals surface area contributed by atoms with Crippen molar-refractivity contribution in [1.82, 2.24) is 10.2 Å². The highest BCUT2D eigenvalue weighted by molar-refractivity contribution is 5.87. The molecule has 0 saturated carbocycles. The first kappa shape index (κ1) is 10.8. The van der Waals surface area contributed by atoms with Gasteiger partial charge in [-0.3, -0.25) is 5.10 Å². The number of aromatic amines is 1.